The second-order valence-corrected chi connectivity index (χ2v) is 2.46. The van der Waals surface area contributed by atoms with Gasteiger partial charge in [0.05, 0.1) is 5.57 Å². The molecule has 54 valence electrons. The van der Waals surface area contributed by atoms with E-state index in [2.05, 4.69) is 22.5 Å². The Hall–Kier alpha value is -0.570. The summed E-state index contributed by atoms with van der Waals surface area (Å²) < 4.78 is 4.75. The van der Waals surface area contributed by atoms with Crippen LogP contribution in [0.5, 0.6) is 0 Å². The van der Waals surface area contributed by atoms with E-state index >= 15 is 0 Å². The fourth-order valence-corrected chi connectivity index (χ4v) is 1.34. The smallest absolute Gasteiger partial charge is 0.335 e. The van der Waals surface area contributed by atoms with Crippen molar-refractivity contribution in [2.75, 3.05) is 6.61 Å². The predicted molar refractivity (Wildman–Crippen MR) is 41.7 cm³/mol. The molecule has 1 unspecified atom stereocenters. The molecule has 0 N–H and O–H groups in total. The lowest BCUT2D eigenvalue weighted by molar-refractivity contribution is -0.135. The minimum absolute atomic E-state index is 0.0619. The van der Waals surface area contributed by atoms with Crippen LogP contribution in [0.15, 0.2) is 23.2 Å². The molecule has 0 radical (unpaired) electrons. The predicted octanol–water partition coefficient (Wildman–Crippen LogP) is 1.62. The van der Waals surface area contributed by atoms with Gasteiger partial charge in [-0.15, -0.1) is 6.58 Å². The third kappa shape index (κ3) is 1.14. The normalized spacial score (nSPS) is 28.7. The van der Waals surface area contributed by atoms with Crippen molar-refractivity contribution in [1.29, 1.82) is 0 Å². The van der Waals surface area contributed by atoms with Crippen molar-refractivity contribution in [2.24, 2.45) is 5.92 Å². The summed E-state index contributed by atoms with van der Waals surface area (Å²) in [5, 5.41) is 0. The summed E-state index contributed by atoms with van der Waals surface area (Å²) in [6.07, 6.45) is 1.71. The maximum Gasteiger partial charge on any atom is 0.335 e. The Balaban J connectivity index is 2.82. The Morgan fingerprint density at radius 1 is 1.80 bits per heavy atom. The molecule has 1 saturated heterocycles. The summed E-state index contributed by atoms with van der Waals surface area (Å²) in [6.45, 7) is 4.01. The number of rotatable bonds is 1. The van der Waals surface area contributed by atoms with Crippen LogP contribution < -0.4 is 0 Å². The van der Waals surface area contributed by atoms with Crippen LogP contribution in [0.3, 0.4) is 0 Å². The molecule has 0 aliphatic carbocycles. The van der Waals surface area contributed by atoms with Crippen molar-refractivity contribution in [3.63, 3.8) is 0 Å². The number of cyclic esters (lactones) is 1. The van der Waals surface area contributed by atoms with Gasteiger partial charge in [0, 0.05) is 5.92 Å². The van der Waals surface area contributed by atoms with Crippen LogP contribution in [0.25, 0.3) is 0 Å². The van der Waals surface area contributed by atoms with Crippen molar-refractivity contribution in [3.05, 3.63) is 23.2 Å². The first-order chi connectivity index (χ1) is 4.79. The van der Waals surface area contributed by atoms with E-state index in [9.17, 15) is 4.79 Å². The van der Waals surface area contributed by atoms with Crippen molar-refractivity contribution in [2.45, 2.75) is 0 Å². The number of hydrogen-bond acceptors (Lipinski definition) is 2. The third-order valence-electron chi connectivity index (χ3n) is 1.43. The van der Waals surface area contributed by atoms with Gasteiger partial charge >= 0.3 is 5.97 Å². The van der Waals surface area contributed by atoms with Gasteiger partial charge in [0.25, 0.3) is 0 Å². The summed E-state index contributed by atoms with van der Waals surface area (Å²) in [5.41, 5.74) is 0.648. The lowest BCUT2D eigenvalue weighted by Crippen LogP contribution is -1.97. The van der Waals surface area contributed by atoms with E-state index < -0.39 is 0 Å². The molecule has 1 aliphatic heterocycles. The van der Waals surface area contributed by atoms with Crippen LogP contribution in [-0.4, -0.2) is 12.6 Å². The maximum atomic E-state index is 10.8. The van der Waals surface area contributed by atoms with Crippen LogP contribution >= 0.6 is 15.9 Å². The van der Waals surface area contributed by atoms with Crippen LogP contribution in [0, 0.1) is 5.92 Å². The minimum Gasteiger partial charge on any atom is -0.461 e. The first-order valence-electron chi connectivity index (χ1n) is 2.89. The molecule has 0 aromatic carbocycles. The van der Waals surface area contributed by atoms with Gasteiger partial charge in [-0.1, -0.05) is 22.0 Å². The van der Waals surface area contributed by atoms with Gasteiger partial charge in [-0.3, -0.25) is 0 Å². The zero-order valence-electron chi connectivity index (χ0n) is 5.34. The number of carbonyl (C=O) groups excluding carboxylic acids is 1. The van der Waals surface area contributed by atoms with Crippen LogP contribution in [0.2, 0.25) is 0 Å². The Bertz CT molecular complexity index is 196. The highest BCUT2D eigenvalue weighted by Gasteiger charge is 2.27. The molecule has 1 atom stereocenters. The first-order valence-corrected chi connectivity index (χ1v) is 3.81. The Morgan fingerprint density at radius 3 is 2.90 bits per heavy atom. The van der Waals surface area contributed by atoms with E-state index in [1.54, 1.807) is 11.1 Å². The fraction of sp³-hybridized carbons (Fsp3) is 0.286. The Morgan fingerprint density at radius 2 is 2.50 bits per heavy atom. The van der Waals surface area contributed by atoms with Gasteiger partial charge < -0.3 is 4.74 Å². The molecule has 10 heavy (non-hydrogen) atoms. The summed E-state index contributed by atoms with van der Waals surface area (Å²) in [7, 11) is 0. The lowest BCUT2D eigenvalue weighted by atomic mass is 10.1. The van der Waals surface area contributed by atoms with Crippen molar-refractivity contribution >= 4 is 21.9 Å². The van der Waals surface area contributed by atoms with Gasteiger partial charge in [-0.25, -0.2) is 4.79 Å². The molecule has 0 aromatic heterocycles. The van der Waals surface area contributed by atoms with Crippen LogP contribution in [0.1, 0.15) is 0 Å². The molecular formula is C7H7BrO2. The highest BCUT2D eigenvalue weighted by Crippen LogP contribution is 2.22. The van der Waals surface area contributed by atoms with Crippen molar-refractivity contribution < 1.29 is 9.53 Å². The van der Waals surface area contributed by atoms with E-state index in [1.807, 2.05) is 0 Å². The summed E-state index contributed by atoms with van der Waals surface area (Å²) in [4.78, 5) is 12.4. The van der Waals surface area contributed by atoms with Gasteiger partial charge in [0.1, 0.15) is 6.61 Å². The monoisotopic (exact) mass is 202 g/mol. The van der Waals surface area contributed by atoms with E-state index in [0.29, 0.717) is 12.2 Å². The topological polar surface area (TPSA) is 26.3 Å². The van der Waals surface area contributed by atoms with E-state index in [1.165, 1.54) is 0 Å². The highest BCUT2D eigenvalue weighted by molar-refractivity contribution is 9.11. The van der Waals surface area contributed by atoms with Gasteiger partial charge in [0.2, 0.25) is 0 Å². The molecule has 1 fully saturated rings. The molecule has 0 spiro atoms. The number of hydrogen-bond donors (Lipinski definition) is 0. The van der Waals surface area contributed by atoms with Gasteiger partial charge in [0.15, 0.2) is 0 Å². The number of carbonyl (C=O) groups is 1. The molecule has 0 bridgehead atoms. The second kappa shape index (κ2) is 3.01. The maximum absolute atomic E-state index is 10.8. The molecule has 1 heterocycles. The quantitative estimate of drug-likeness (QED) is 0.367. The molecule has 1 rings (SSSR count). The number of ether oxygens (including phenoxy) is 1. The summed E-state index contributed by atoms with van der Waals surface area (Å²) >= 11 is 3.09. The molecule has 1 aliphatic rings. The molecule has 2 nitrogen and oxygen atoms in total. The average Bonchev–Trinajstić information content (AvgIpc) is 2.30. The molecule has 0 saturated carbocycles. The van der Waals surface area contributed by atoms with Crippen molar-refractivity contribution in [3.8, 4) is 0 Å². The third-order valence-corrected chi connectivity index (χ3v) is 1.92. The second-order valence-electron chi connectivity index (χ2n) is 2.01. The van der Waals surface area contributed by atoms with Crippen LogP contribution in [0.4, 0.5) is 0 Å². The summed E-state index contributed by atoms with van der Waals surface area (Å²) in [6, 6.07) is 0. The van der Waals surface area contributed by atoms with Crippen LogP contribution in [-0.2, 0) is 9.53 Å². The molecule has 0 aromatic rings. The first kappa shape index (κ1) is 7.54. The fourth-order valence-electron chi connectivity index (χ4n) is 0.810. The average molecular weight is 203 g/mol. The lowest BCUT2D eigenvalue weighted by Gasteiger charge is -1.95. The van der Waals surface area contributed by atoms with Gasteiger partial charge in [-0.2, -0.15) is 0 Å². The van der Waals surface area contributed by atoms with E-state index in [4.69, 9.17) is 4.74 Å². The zero-order valence-corrected chi connectivity index (χ0v) is 6.93. The Labute approximate surface area is 67.7 Å². The Kier molecular flexibility index (Phi) is 2.27. The molecular weight excluding hydrogens is 196 g/mol. The van der Waals surface area contributed by atoms with E-state index in [0.717, 1.165) is 0 Å². The molecule has 3 heteroatoms. The number of halogens is 1. The van der Waals surface area contributed by atoms with Crippen molar-refractivity contribution in [1.82, 2.24) is 0 Å². The highest BCUT2D eigenvalue weighted by atomic mass is 79.9. The SMILES string of the molecule is C=CC1COC(=O)/C1=C\Br. The largest absolute Gasteiger partial charge is 0.461 e. The number of esters is 1. The van der Waals surface area contributed by atoms with Gasteiger partial charge in [-0.05, 0) is 4.99 Å². The standard InChI is InChI=1S/C7H7BrO2/c1-2-5-4-10-7(9)6(5)3-8/h2-3,5H,1,4H2/b6-3-. The minimum atomic E-state index is -0.248. The molecule has 0 amide bonds. The zero-order chi connectivity index (χ0) is 7.56. The van der Waals surface area contributed by atoms with E-state index in [-0.39, 0.29) is 11.9 Å². The summed E-state index contributed by atoms with van der Waals surface area (Å²) in [5.74, 6) is -0.186.